The monoisotopic (exact) mass is 214 g/mol. The zero-order valence-electron chi connectivity index (χ0n) is 6.89. The van der Waals surface area contributed by atoms with Crippen molar-refractivity contribution in [3.8, 4) is 0 Å². The number of nitrogens with one attached hydrogen (secondary N) is 1. The minimum absolute atomic E-state index is 0.0661. The van der Waals surface area contributed by atoms with E-state index in [1.807, 2.05) is 0 Å². The fraction of sp³-hybridized carbons (Fsp3) is 0.286. The van der Waals surface area contributed by atoms with Crippen molar-refractivity contribution >= 4 is 23.4 Å². The van der Waals surface area contributed by atoms with Crippen LogP contribution >= 0.6 is 11.3 Å². The van der Waals surface area contributed by atoms with Crippen molar-refractivity contribution in [2.45, 2.75) is 5.60 Å². The van der Waals surface area contributed by atoms with Crippen LogP contribution < -0.4 is 5.32 Å². The number of rotatable bonds is 2. The average molecular weight is 214 g/mol. The Labute approximate surface area is 82.5 Å². The second-order valence-corrected chi connectivity index (χ2v) is 3.63. The molecule has 1 unspecified atom stereocenters. The Kier molecular flexibility index (Phi) is 1.88. The first-order valence-corrected chi connectivity index (χ1v) is 4.62. The minimum atomic E-state index is -1.60. The summed E-state index contributed by atoms with van der Waals surface area (Å²) in [6, 6.07) is 0. The maximum atomic E-state index is 11.0. The second kappa shape index (κ2) is 2.95. The molecule has 7 heteroatoms. The molecule has 6 nitrogen and oxygen atoms in total. The fourth-order valence-electron chi connectivity index (χ4n) is 1.20. The van der Waals surface area contributed by atoms with E-state index >= 15 is 0 Å². The Balaban J connectivity index is 2.42. The molecule has 74 valence electrons. The molecule has 1 atom stereocenters. The number of carbonyl (C=O) groups is 2. The van der Waals surface area contributed by atoms with Crippen molar-refractivity contribution in [2.75, 3.05) is 6.54 Å². The van der Waals surface area contributed by atoms with Gasteiger partial charge in [0.15, 0.2) is 0 Å². The molecule has 1 aromatic heterocycles. The number of aromatic nitrogens is 1. The quantitative estimate of drug-likeness (QED) is 0.732. The highest BCUT2D eigenvalue weighted by molar-refractivity contribution is 7.09. The highest BCUT2D eigenvalue weighted by Crippen LogP contribution is 2.31. The van der Waals surface area contributed by atoms with Crippen molar-refractivity contribution in [1.29, 1.82) is 0 Å². The van der Waals surface area contributed by atoms with Crippen LogP contribution in [-0.4, -0.2) is 28.7 Å². The molecule has 1 aliphatic heterocycles. The van der Waals surface area contributed by atoms with Crippen molar-refractivity contribution in [3.05, 3.63) is 16.6 Å². The Hall–Kier alpha value is -1.63. The molecule has 14 heavy (non-hydrogen) atoms. The molecule has 0 spiro atoms. The summed E-state index contributed by atoms with van der Waals surface area (Å²) in [6.45, 7) is -0.0661. The number of cyclic esters (lactones) is 1. The van der Waals surface area contributed by atoms with Crippen LogP contribution in [0.5, 0.6) is 0 Å². The topological polar surface area (TPSA) is 88.5 Å². The first kappa shape index (κ1) is 8.95. The molecule has 1 amide bonds. The van der Waals surface area contributed by atoms with Crippen LogP contribution in [0.4, 0.5) is 4.79 Å². The fourth-order valence-corrected chi connectivity index (χ4v) is 1.95. The van der Waals surface area contributed by atoms with Gasteiger partial charge in [-0.2, -0.15) is 0 Å². The van der Waals surface area contributed by atoms with Gasteiger partial charge in [-0.3, -0.25) is 4.98 Å². The number of hydrogen-bond donors (Lipinski definition) is 2. The molecule has 2 heterocycles. The molecule has 0 bridgehead atoms. The lowest BCUT2D eigenvalue weighted by atomic mass is 10.0. The number of nitrogens with zero attached hydrogens (tertiary/aromatic N) is 1. The summed E-state index contributed by atoms with van der Waals surface area (Å²) in [5.74, 6) is -1.19. The predicted molar refractivity (Wildman–Crippen MR) is 45.9 cm³/mol. The van der Waals surface area contributed by atoms with Gasteiger partial charge in [-0.15, -0.1) is 11.3 Å². The normalized spacial score (nSPS) is 25.6. The van der Waals surface area contributed by atoms with Gasteiger partial charge in [0, 0.05) is 6.20 Å². The largest absolute Gasteiger partial charge is 0.478 e. The van der Waals surface area contributed by atoms with E-state index in [9.17, 15) is 9.59 Å². The predicted octanol–water partition coefficient (Wildman–Crippen LogP) is 0.163. The molecule has 1 fully saturated rings. The van der Waals surface area contributed by atoms with E-state index < -0.39 is 17.7 Å². The molecule has 0 aliphatic carbocycles. The molecular formula is C7H6N2O4S. The lowest BCUT2D eigenvalue weighted by Gasteiger charge is -2.18. The zero-order chi connectivity index (χ0) is 10.2. The second-order valence-electron chi connectivity index (χ2n) is 2.74. The number of amides is 1. The number of carboxylic acid groups (broad SMARTS) is 1. The van der Waals surface area contributed by atoms with E-state index in [1.165, 1.54) is 11.7 Å². The lowest BCUT2D eigenvalue weighted by molar-refractivity contribution is -0.155. The lowest BCUT2D eigenvalue weighted by Crippen LogP contribution is -2.38. The van der Waals surface area contributed by atoms with E-state index in [-0.39, 0.29) is 6.54 Å². The van der Waals surface area contributed by atoms with Gasteiger partial charge in [0.25, 0.3) is 5.60 Å². The van der Waals surface area contributed by atoms with Crippen molar-refractivity contribution in [1.82, 2.24) is 10.3 Å². The van der Waals surface area contributed by atoms with Crippen molar-refractivity contribution < 1.29 is 19.4 Å². The number of carboxylic acids is 1. The molecule has 1 aromatic rings. The molecule has 0 aromatic carbocycles. The van der Waals surface area contributed by atoms with Crippen molar-refractivity contribution in [2.24, 2.45) is 0 Å². The molecular weight excluding hydrogens is 208 g/mol. The highest BCUT2D eigenvalue weighted by Gasteiger charge is 2.50. The summed E-state index contributed by atoms with van der Waals surface area (Å²) in [5, 5.41) is 11.3. The highest BCUT2D eigenvalue weighted by atomic mass is 32.1. The number of ether oxygens (including phenoxy) is 1. The van der Waals surface area contributed by atoms with Crippen LogP contribution in [0.2, 0.25) is 0 Å². The Morgan fingerprint density at radius 3 is 3.00 bits per heavy atom. The van der Waals surface area contributed by atoms with Crippen LogP contribution in [0.15, 0.2) is 11.7 Å². The Morgan fingerprint density at radius 1 is 1.79 bits per heavy atom. The Bertz CT molecular complexity index is 377. The third kappa shape index (κ3) is 1.13. The zero-order valence-corrected chi connectivity index (χ0v) is 7.71. The molecule has 2 rings (SSSR count). The minimum Gasteiger partial charge on any atom is -0.478 e. The third-order valence-corrected chi connectivity index (χ3v) is 2.84. The molecule has 0 radical (unpaired) electrons. The number of thiazole rings is 1. The number of alkyl carbamates (subject to hydrolysis) is 1. The summed E-state index contributed by atoms with van der Waals surface area (Å²) >= 11 is 1.14. The van der Waals surface area contributed by atoms with Gasteiger partial charge in [0.1, 0.15) is 0 Å². The summed E-state index contributed by atoms with van der Waals surface area (Å²) < 4.78 is 4.78. The average Bonchev–Trinajstić information content (AvgIpc) is 2.71. The summed E-state index contributed by atoms with van der Waals surface area (Å²) in [4.78, 5) is 26.0. The number of hydrogen-bond acceptors (Lipinski definition) is 5. The van der Waals surface area contributed by atoms with E-state index in [2.05, 4.69) is 10.3 Å². The maximum absolute atomic E-state index is 11.0. The van der Waals surface area contributed by atoms with Gasteiger partial charge in [-0.1, -0.05) is 0 Å². The first-order chi connectivity index (χ1) is 6.65. The van der Waals surface area contributed by atoms with Crippen LogP contribution in [-0.2, 0) is 15.1 Å². The maximum Gasteiger partial charge on any atom is 0.408 e. The van der Waals surface area contributed by atoms with Gasteiger partial charge in [-0.25, -0.2) is 9.59 Å². The summed E-state index contributed by atoms with van der Waals surface area (Å²) in [5.41, 5.74) is -0.107. The Morgan fingerprint density at radius 2 is 2.57 bits per heavy atom. The van der Waals surface area contributed by atoms with Crippen LogP contribution in [0.25, 0.3) is 0 Å². The molecule has 2 N–H and O–H groups in total. The van der Waals surface area contributed by atoms with Crippen LogP contribution in [0.3, 0.4) is 0 Å². The molecule has 1 aliphatic rings. The van der Waals surface area contributed by atoms with E-state index in [1.54, 1.807) is 0 Å². The van der Waals surface area contributed by atoms with E-state index in [0.29, 0.717) is 4.88 Å². The SMILES string of the molecule is O=C1NCC(C(=O)O)(c2cncs2)O1. The standard InChI is InChI=1S/C7H6N2O4S/c10-5(11)7(2-9-6(12)13-7)4-1-8-3-14-4/h1,3H,2H2,(H,9,12)(H,10,11). The van der Waals surface area contributed by atoms with Gasteiger partial charge < -0.3 is 15.2 Å². The first-order valence-electron chi connectivity index (χ1n) is 3.74. The van der Waals surface area contributed by atoms with Crippen LogP contribution in [0, 0.1) is 0 Å². The number of aliphatic carboxylic acids is 1. The van der Waals surface area contributed by atoms with E-state index in [0.717, 1.165) is 11.3 Å². The van der Waals surface area contributed by atoms with Crippen molar-refractivity contribution in [3.63, 3.8) is 0 Å². The van der Waals surface area contributed by atoms with Gasteiger partial charge in [-0.05, 0) is 0 Å². The summed E-state index contributed by atoms with van der Waals surface area (Å²) in [6.07, 6.45) is 0.666. The number of carbonyl (C=O) groups excluding carboxylic acids is 1. The molecule has 1 saturated heterocycles. The van der Waals surface area contributed by atoms with Crippen LogP contribution in [0.1, 0.15) is 4.88 Å². The van der Waals surface area contributed by atoms with E-state index in [4.69, 9.17) is 9.84 Å². The van der Waals surface area contributed by atoms with Gasteiger partial charge in [0.2, 0.25) is 0 Å². The smallest absolute Gasteiger partial charge is 0.408 e. The van der Waals surface area contributed by atoms with Gasteiger partial charge in [0.05, 0.1) is 16.9 Å². The van der Waals surface area contributed by atoms with Gasteiger partial charge >= 0.3 is 12.1 Å². The molecule has 0 saturated carbocycles. The summed E-state index contributed by atoms with van der Waals surface area (Å²) in [7, 11) is 0. The third-order valence-electron chi connectivity index (χ3n) is 1.92.